The Bertz CT molecular complexity index is 716. The molecule has 2 rings (SSSR count). The van der Waals surface area contributed by atoms with Gasteiger partial charge < -0.3 is 4.18 Å². The van der Waals surface area contributed by atoms with Gasteiger partial charge in [-0.25, -0.2) is 0 Å². The molecule has 0 saturated carbocycles. The van der Waals surface area contributed by atoms with Crippen molar-refractivity contribution in [3.8, 4) is 0 Å². The van der Waals surface area contributed by atoms with E-state index in [0.717, 1.165) is 27.8 Å². The van der Waals surface area contributed by atoms with Crippen LogP contribution < -0.4 is 0 Å². The van der Waals surface area contributed by atoms with E-state index in [-0.39, 0.29) is 12.2 Å². The Balaban J connectivity index is 2.42. The second-order valence-electron chi connectivity index (χ2n) is 5.11. The number of allylic oxidation sites excluding steroid dienone is 1. The zero-order chi connectivity index (χ0) is 16.0. The lowest BCUT2D eigenvalue weighted by Gasteiger charge is -2.21. The molecule has 116 valence electrons. The predicted octanol–water partition coefficient (Wildman–Crippen LogP) is 3.77. The molecule has 21 heavy (non-hydrogen) atoms. The van der Waals surface area contributed by atoms with Gasteiger partial charge in [0.25, 0.3) is 0 Å². The molecule has 1 aliphatic carbocycles. The van der Waals surface area contributed by atoms with Gasteiger partial charge in [0.2, 0.25) is 0 Å². The standard InChI is InChI=1S/C14H15F3O3S/c1-8-6-11-4-5-12(7-13(11)10(3)9(8)2)20-21(18,19)14(15,16)17/h6-7H,4-5H2,1-3H3. The van der Waals surface area contributed by atoms with Crippen LogP contribution in [0.3, 0.4) is 0 Å². The number of fused-ring (bicyclic) bond motifs is 1. The van der Waals surface area contributed by atoms with Crippen molar-refractivity contribution in [1.29, 1.82) is 0 Å². The first-order chi connectivity index (χ1) is 9.53. The van der Waals surface area contributed by atoms with E-state index in [4.69, 9.17) is 0 Å². The minimum absolute atomic E-state index is 0.129. The highest BCUT2D eigenvalue weighted by atomic mass is 32.2. The summed E-state index contributed by atoms with van der Waals surface area (Å²) in [6, 6.07) is 1.98. The van der Waals surface area contributed by atoms with E-state index in [2.05, 4.69) is 4.18 Å². The molecule has 0 atom stereocenters. The summed E-state index contributed by atoms with van der Waals surface area (Å²) >= 11 is 0. The van der Waals surface area contributed by atoms with Crippen molar-refractivity contribution >= 4 is 16.2 Å². The molecule has 0 spiro atoms. The molecule has 7 heteroatoms. The second-order valence-corrected chi connectivity index (χ2v) is 6.65. The van der Waals surface area contributed by atoms with E-state index >= 15 is 0 Å². The highest BCUT2D eigenvalue weighted by Gasteiger charge is 2.48. The van der Waals surface area contributed by atoms with Crippen LogP contribution in [-0.2, 0) is 20.7 Å². The molecule has 3 nitrogen and oxygen atoms in total. The quantitative estimate of drug-likeness (QED) is 0.615. The molecule has 0 fully saturated rings. The summed E-state index contributed by atoms with van der Waals surface area (Å²) in [6.07, 6.45) is 1.98. The van der Waals surface area contributed by atoms with Gasteiger partial charge in [-0.05, 0) is 61.1 Å². The van der Waals surface area contributed by atoms with Crippen molar-refractivity contribution in [2.24, 2.45) is 0 Å². The third-order valence-corrected chi connectivity index (χ3v) is 4.74. The van der Waals surface area contributed by atoms with Gasteiger partial charge in [0.15, 0.2) is 0 Å². The monoisotopic (exact) mass is 320 g/mol. The first-order valence-electron chi connectivity index (χ1n) is 6.34. The maximum absolute atomic E-state index is 12.3. The van der Waals surface area contributed by atoms with Gasteiger partial charge in [-0.1, -0.05) is 6.07 Å². The number of halogens is 3. The topological polar surface area (TPSA) is 43.4 Å². The van der Waals surface area contributed by atoms with E-state index in [1.807, 2.05) is 26.8 Å². The largest absolute Gasteiger partial charge is 0.534 e. The van der Waals surface area contributed by atoms with Crippen molar-refractivity contribution in [1.82, 2.24) is 0 Å². The molecule has 0 unspecified atom stereocenters. The first kappa shape index (κ1) is 15.9. The summed E-state index contributed by atoms with van der Waals surface area (Å²) in [6.45, 7) is 5.74. The molecular formula is C14H15F3O3S. The van der Waals surface area contributed by atoms with Gasteiger partial charge >= 0.3 is 15.6 Å². The zero-order valence-corrected chi connectivity index (χ0v) is 12.7. The molecule has 1 aromatic carbocycles. The van der Waals surface area contributed by atoms with E-state index in [1.165, 1.54) is 6.08 Å². The van der Waals surface area contributed by atoms with Gasteiger partial charge in [-0.3, -0.25) is 0 Å². The predicted molar refractivity (Wildman–Crippen MR) is 73.0 cm³/mol. The van der Waals surface area contributed by atoms with Crippen LogP contribution in [0.5, 0.6) is 0 Å². The van der Waals surface area contributed by atoms with Crippen molar-refractivity contribution in [2.75, 3.05) is 0 Å². The zero-order valence-electron chi connectivity index (χ0n) is 11.8. The smallest absolute Gasteiger partial charge is 0.381 e. The molecule has 0 bridgehead atoms. The molecule has 0 N–H and O–H groups in total. The third kappa shape index (κ3) is 2.92. The fourth-order valence-corrected chi connectivity index (χ4v) is 2.85. The average molecular weight is 320 g/mol. The number of alkyl halides is 3. The lowest BCUT2D eigenvalue weighted by molar-refractivity contribution is -0.0522. The van der Waals surface area contributed by atoms with Crippen LogP contribution in [0.15, 0.2) is 11.8 Å². The summed E-state index contributed by atoms with van der Waals surface area (Å²) in [7, 11) is -5.60. The van der Waals surface area contributed by atoms with Crippen LogP contribution in [-0.4, -0.2) is 13.9 Å². The Hall–Kier alpha value is -1.50. The van der Waals surface area contributed by atoms with Crippen LogP contribution in [0.1, 0.15) is 34.2 Å². The Morgan fingerprint density at radius 3 is 2.29 bits per heavy atom. The maximum atomic E-state index is 12.3. The van der Waals surface area contributed by atoms with Crippen molar-refractivity contribution in [3.63, 3.8) is 0 Å². The minimum Gasteiger partial charge on any atom is -0.381 e. The summed E-state index contributed by atoms with van der Waals surface area (Å²) in [5.74, 6) is -0.175. The Morgan fingerprint density at radius 2 is 1.71 bits per heavy atom. The highest BCUT2D eigenvalue weighted by Crippen LogP contribution is 2.34. The van der Waals surface area contributed by atoms with Crippen molar-refractivity contribution < 1.29 is 25.8 Å². The van der Waals surface area contributed by atoms with Gasteiger partial charge in [0.05, 0.1) is 0 Å². The number of benzene rings is 1. The molecule has 0 heterocycles. The normalized spacial score (nSPS) is 15.4. The maximum Gasteiger partial charge on any atom is 0.534 e. The summed E-state index contributed by atoms with van der Waals surface area (Å²) in [5, 5.41) is 0. The minimum atomic E-state index is -5.60. The summed E-state index contributed by atoms with van der Waals surface area (Å²) in [4.78, 5) is 0. The Kier molecular flexibility index (Phi) is 3.82. The molecule has 1 aromatic rings. The van der Waals surface area contributed by atoms with Crippen LogP contribution >= 0.6 is 0 Å². The van der Waals surface area contributed by atoms with Crippen molar-refractivity contribution in [2.45, 2.75) is 39.1 Å². The van der Waals surface area contributed by atoms with Crippen LogP contribution in [0, 0.1) is 20.8 Å². The third-order valence-electron chi connectivity index (χ3n) is 3.74. The lowest BCUT2D eigenvalue weighted by atomic mass is 9.88. The Labute approximate surface area is 121 Å². The van der Waals surface area contributed by atoms with Gasteiger partial charge in [-0.15, -0.1) is 0 Å². The fourth-order valence-electron chi connectivity index (χ4n) is 2.34. The van der Waals surface area contributed by atoms with Crippen LogP contribution in [0.25, 0.3) is 6.08 Å². The number of hydrogen-bond acceptors (Lipinski definition) is 3. The SMILES string of the molecule is Cc1cc2c(c(C)c1C)C=C(OS(=O)(=O)C(F)(F)F)CC2. The fraction of sp³-hybridized carbons (Fsp3) is 0.429. The van der Waals surface area contributed by atoms with Gasteiger partial charge in [0.1, 0.15) is 5.76 Å². The molecular weight excluding hydrogens is 305 g/mol. The van der Waals surface area contributed by atoms with Crippen LogP contribution in [0.2, 0.25) is 0 Å². The van der Waals surface area contributed by atoms with E-state index < -0.39 is 15.6 Å². The summed E-state index contributed by atoms with van der Waals surface area (Å²) in [5.41, 5.74) is -0.608. The van der Waals surface area contributed by atoms with Crippen LogP contribution in [0.4, 0.5) is 13.2 Å². The van der Waals surface area contributed by atoms with E-state index in [9.17, 15) is 21.6 Å². The lowest BCUT2D eigenvalue weighted by Crippen LogP contribution is -2.25. The molecule has 0 aliphatic heterocycles. The number of aryl methyl sites for hydroxylation is 2. The first-order valence-corrected chi connectivity index (χ1v) is 7.75. The summed E-state index contributed by atoms with van der Waals surface area (Å²) < 4.78 is 63.4. The number of hydrogen-bond donors (Lipinski definition) is 0. The van der Waals surface area contributed by atoms with Gasteiger partial charge in [0, 0.05) is 6.42 Å². The molecule has 0 radical (unpaired) electrons. The highest BCUT2D eigenvalue weighted by molar-refractivity contribution is 7.87. The second kappa shape index (κ2) is 5.05. The van der Waals surface area contributed by atoms with Gasteiger partial charge in [-0.2, -0.15) is 21.6 Å². The van der Waals surface area contributed by atoms with E-state index in [1.54, 1.807) is 0 Å². The average Bonchev–Trinajstić information content (AvgIpc) is 2.35. The molecule has 0 amide bonds. The van der Waals surface area contributed by atoms with E-state index in [0.29, 0.717) is 6.42 Å². The molecule has 0 saturated heterocycles. The Morgan fingerprint density at radius 1 is 1.10 bits per heavy atom. The molecule has 1 aliphatic rings. The van der Waals surface area contributed by atoms with Crippen molar-refractivity contribution in [3.05, 3.63) is 39.6 Å². The molecule has 0 aromatic heterocycles. The number of rotatable bonds is 2.